The third kappa shape index (κ3) is 4.57. The number of aliphatic hydroxyl groups is 1. The van der Waals surface area contributed by atoms with Crippen molar-refractivity contribution in [3.05, 3.63) is 11.6 Å². The lowest BCUT2D eigenvalue weighted by Crippen LogP contribution is -2.49. The average molecular weight is 431 g/mol. The molecule has 1 N–H and O–H groups in total. The van der Waals surface area contributed by atoms with Gasteiger partial charge in [0.05, 0.1) is 0 Å². The van der Waals surface area contributed by atoms with Crippen molar-refractivity contribution < 1.29 is 9.90 Å². The molecule has 0 saturated heterocycles. The predicted octanol–water partition coefficient (Wildman–Crippen LogP) is 7.60. The van der Waals surface area contributed by atoms with Gasteiger partial charge in [-0.1, -0.05) is 66.0 Å². The number of carbonyl (C=O) groups is 1. The number of hydrogen-bond donors (Lipinski definition) is 1. The normalized spacial score (nSPS) is 41.1. The van der Waals surface area contributed by atoms with Gasteiger partial charge in [-0.2, -0.15) is 0 Å². The zero-order valence-corrected chi connectivity index (χ0v) is 21.4. The summed E-state index contributed by atoms with van der Waals surface area (Å²) in [5.74, 6) is 4.76. The molecule has 0 heterocycles. The second-order valence-electron chi connectivity index (χ2n) is 11.9. The fraction of sp³-hybridized carbons (Fsp3) is 0.897. The Kier molecular flexibility index (Phi) is 8.15. The van der Waals surface area contributed by atoms with Crippen LogP contribution in [0, 0.1) is 46.3 Å². The maximum atomic E-state index is 12.1. The maximum Gasteiger partial charge on any atom is 0.133 e. The summed E-state index contributed by atoms with van der Waals surface area (Å²) in [6.07, 6.45) is 15.8. The van der Waals surface area contributed by atoms with Gasteiger partial charge in [0, 0.05) is 19.4 Å². The highest BCUT2D eigenvalue weighted by Gasteiger charge is 2.58. The third-order valence-electron chi connectivity index (χ3n) is 10.3. The fourth-order valence-corrected chi connectivity index (χ4v) is 8.36. The van der Waals surface area contributed by atoms with Crippen molar-refractivity contribution in [3.8, 4) is 0 Å². The van der Waals surface area contributed by atoms with Crippen molar-refractivity contribution in [1.82, 2.24) is 0 Å². The zero-order valence-electron chi connectivity index (χ0n) is 21.4. The van der Waals surface area contributed by atoms with E-state index >= 15 is 0 Å². The highest BCUT2D eigenvalue weighted by atomic mass is 16.3. The van der Waals surface area contributed by atoms with Crippen LogP contribution in [0.1, 0.15) is 112 Å². The molecule has 2 nitrogen and oxygen atoms in total. The molecule has 0 aromatic heterocycles. The largest absolute Gasteiger partial charge is 0.396 e. The molecule has 3 saturated carbocycles. The SMILES string of the molecule is CC.CC(CO)CCCC(C)C1CCC2C3=CCC4CC(=O)CCC4(C)C3CCC21C. The predicted molar refractivity (Wildman–Crippen MR) is 131 cm³/mol. The minimum atomic E-state index is 0.332. The Labute approximate surface area is 192 Å². The van der Waals surface area contributed by atoms with E-state index in [4.69, 9.17) is 0 Å². The van der Waals surface area contributed by atoms with Gasteiger partial charge in [-0.25, -0.2) is 0 Å². The van der Waals surface area contributed by atoms with Gasteiger partial charge in [-0.3, -0.25) is 4.79 Å². The lowest BCUT2D eigenvalue weighted by atomic mass is 9.47. The van der Waals surface area contributed by atoms with Gasteiger partial charge in [-0.05, 0) is 91.3 Å². The topological polar surface area (TPSA) is 37.3 Å². The number of fused-ring (bicyclic) bond motifs is 5. The van der Waals surface area contributed by atoms with E-state index in [2.05, 4.69) is 33.8 Å². The zero-order chi connectivity index (χ0) is 22.8. The molecule has 0 radical (unpaired) electrons. The van der Waals surface area contributed by atoms with Crippen LogP contribution in [0.2, 0.25) is 0 Å². The van der Waals surface area contributed by atoms with E-state index in [9.17, 15) is 9.90 Å². The van der Waals surface area contributed by atoms with Crippen molar-refractivity contribution in [2.45, 2.75) is 112 Å². The second-order valence-corrected chi connectivity index (χ2v) is 11.9. The molecule has 0 aromatic carbocycles. The first-order valence-electron chi connectivity index (χ1n) is 13.6. The average Bonchev–Trinajstić information content (AvgIpc) is 3.12. The van der Waals surface area contributed by atoms with E-state index in [0.717, 1.165) is 49.4 Å². The Hall–Kier alpha value is -0.630. The van der Waals surface area contributed by atoms with Crippen molar-refractivity contribution in [1.29, 1.82) is 0 Å². The first-order valence-corrected chi connectivity index (χ1v) is 13.6. The summed E-state index contributed by atoms with van der Waals surface area (Å²) in [5, 5.41) is 9.31. The highest BCUT2D eigenvalue weighted by Crippen LogP contribution is 2.66. The van der Waals surface area contributed by atoms with Crippen molar-refractivity contribution in [2.24, 2.45) is 46.3 Å². The molecule has 2 heteroatoms. The van der Waals surface area contributed by atoms with Crippen LogP contribution in [0.5, 0.6) is 0 Å². The minimum Gasteiger partial charge on any atom is -0.396 e. The van der Waals surface area contributed by atoms with Crippen LogP contribution in [0.15, 0.2) is 11.6 Å². The van der Waals surface area contributed by atoms with Crippen molar-refractivity contribution in [2.75, 3.05) is 6.61 Å². The molecular formula is C29H50O2. The molecule has 0 aromatic rings. The Morgan fingerprint density at radius 2 is 1.74 bits per heavy atom. The monoisotopic (exact) mass is 430 g/mol. The Morgan fingerprint density at radius 3 is 2.45 bits per heavy atom. The highest BCUT2D eigenvalue weighted by molar-refractivity contribution is 5.79. The van der Waals surface area contributed by atoms with E-state index in [-0.39, 0.29) is 0 Å². The van der Waals surface area contributed by atoms with E-state index in [1.807, 2.05) is 19.4 Å². The van der Waals surface area contributed by atoms with E-state index in [1.165, 1.54) is 44.9 Å². The quantitative estimate of drug-likeness (QED) is 0.441. The molecule has 4 aliphatic carbocycles. The second kappa shape index (κ2) is 10.1. The van der Waals surface area contributed by atoms with Gasteiger partial charge in [0.15, 0.2) is 0 Å². The third-order valence-corrected chi connectivity index (χ3v) is 10.3. The van der Waals surface area contributed by atoms with Crippen molar-refractivity contribution in [3.63, 3.8) is 0 Å². The maximum absolute atomic E-state index is 12.1. The molecule has 31 heavy (non-hydrogen) atoms. The van der Waals surface area contributed by atoms with Crippen LogP contribution in [0.4, 0.5) is 0 Å². The molecule has 8 unspecified atom stereocenters. The minimum absolute atomic E-state index is 0.332. The van der Waals surface area contributed by atoms with E-state index in [0.29, 0.717) is 35.1 Å². The molecule has 0 amide bonds. The fourth-order valence-electron chi connectivity index (χ4n) is 8.36. The number of hydrogen-bond acceptors (Lipinski definition) is 2. The summed E-state index contributed by atoms with van der Waals surface area (Å²) >= 11 is 0. The summed E-state index contributed by atoms with van der Waals surface area (Å²) in [5.41, 5.74) is 2.68. The van der Waals surface area contributed by atoms with Gasteiger partial charge in [0.25, 0.3) is 0 Å². The number of carbonyl (C=O) groups excluding carboxylic acids is 1. The van der Waals surface area contributed by atoms with Crippen LogP contribution in [0.3, 0.4) is 0 Å². The van der Waals surface area contributed by atoms with Gasteiger partial charge in [0.2, 0.25) is 0 Å². The molecule has 4 rings (SSSR count). The molecule has 0 bridgehead atoms. The first-order chi connectivity index (χ1) is 14.8. The van der Waals surface area contributed by atoms with Gasteiger partial charge >= 0.3 is 0 Å². The molecular weight excluding hydrogens is 380 g/mol. The van der Waals surface area contributed by atoms with E-state index in [1.54, 1.807) is 0 Å². The van der Waals surface area contributed by atoms with Crippen LogP contribution in [-0.2, 0) is 4.79 Å². The number of aliphatic hydroxyl groups excluding tert-OH is 1. The van der Waals surface area contributed by atoms with E-state index < -0.39 is 0 Å². The lowest BCUT2D eigenvalue weighted by Gasteiger charge is -2.57. The number of allylic oxidation sites excluding steroid dienone is 2. The Bertz CT molecular complexity index is 651. The smallest absolute Gasteiger partial charge is 0.133 e. The summed E-state index contributed by atoms with van der Waals surface area (Å²) in [4.78, 5) is 12.1. The molecule has 0 spiro atoms. The summed E-state index contributed by atoms with van der Waals surface area (Å²) in [7, 11) is 0. The Balaban J connectivity index is 0.00000132. The molecule has 178 valence electrons. The molecule has 3 fully saturated rings. The molecule has 4 aliphatic rings. The summed E-state index contributed by atoms with van der Waals surface area (Å²) < 4.78 is 0. The number of Topliss-reactive ketones (excluding diaryl/α,β-unsaturated/α-hetero) is 1. The van der Waals surface area contributed by atoms with Gasteiger partial charge in [-0.15, -0.1) is 0 Å². The van der Waals surface area contributed by atoms with Crippen LogP contribution in [-0.4, -0.2) is 17.5 Å². The summed E-state index contributed by atoms with van der Waals surface area (Å²) in [6, 6.07) is 0. The molecule has 0 aliphatic heterocycles. The lowest BCUT2D eigenvalue weighted by molar-refractivity contribution is -0.127. The van der Waals surface area contributed by atoms with Crippen molar-refractivity contribution >= 4 is 5.78 Å². The number of rotatable bonds is 6. The Morgan fingerprint density at radius 1 is 1.03 bits per heavy atom. The van der Waals surface area contributed by atoms with Crippen LogP contribution < -0.4 is 0 Å². The summed E-state index contributed by atoms with van der Waals surface area (Å²) in [6.45, 7) is 14.2. The molecule has 8 atom stereocenters. The first kappa shape index (κ1) is 25.0. The number of ketones is 1. The van der Waals surface area contributed by atoms with Crippen LogP contribution >= 0.6 is 0 Å². The standard InChI is InChI=1S/C27H44O2.C2H6/c1-18(17-28)6-5-7-19(2)23-10-11-24-22-9-8-20-16-21(29)12-14-26(20,3)25(22)13-15-27(23,24)4;1-2/h9,18-20,23-25,28H,5-8,10-17H2,1-4H3;1-2H3. The van der Waals surface area contributed by atoms with Gasteiger partial charge < -0.3 is 5.11 Å². The van der Waals surface area contributed by atoms with Crippen LogP contribution in [0.25, 0.3) is 0 Å². The van der Waals surface area contributed by atoms with Gasteiger partial charge in [0.1, 0.15) is 5.78 Å².